The molecule has 0 saturated carbocycles. The summed E-state index contributed by atoms with van der Waals surface area (Å²) in [5, 5.41) is 6.66. The zero-order chi connectivity index (χ0) is 45.4. The molecule has 0 unspecified atom stereocenters. The predicted octanol–water partition coefficient (Wildman–Crippen LogP) is 18.7. The Kier molecular flexibility index (Phi) is 8.83. The zero-order valence-corrected chi connectivity index (χ0v) is 37.2. The van der Waals surface area contributed by atoms with E-state index in [0.717, 1.165) is 134 Å². The third-order valence-corrected chi connectivity index (χ3v) is 13.7. The van der Waals surface area contributed by atoms with Crippen LogP contribution in [0.2, 0.25) is 0 Å². The smallest absolute Gasteiger partial charge is 0.143 e. The highest BCUT2D eigenvalue weighted by Gasteiger charge is 2.26. The van der Waals surface area contributed by atoms with Crippen molar-refractivity contribution in [2.45, 2.75) is 0 Å². The molecule has 69 heavy (non-hydrogen) atoms. The van der Waals surface area contributed by atoms with Crippen LogP contribution in [0.25, 0.3) is 88.0 Å². The first kappa shape index (κ1) is 38.9. The minimum Gasteiger partial charge on any atom is -0.456 e. The molecule has 0 saturated heterocycles. The van der Waals surface area contributed by atoms with Gasteiger partial charge in [0.2, 0.25) is 0 Å². The lowest BCUT2D eigenvalue weighted by Gasteiger charge is -2.30. The molecule has 5 heteroatoms. The lowest BCUT2D eigenvalue weighted by atomic mass is 9.93. The fourth-order valence-electron chi connectivity index (χ4n) is 10.5. The molecule has 0 atom stereocenters. The van der Waals surface area contributed by atoms with Gasteiger partial charge in [0.1, 0.15) is 33.8 Å². The molecule has 13 aromatic rings. The highest BCUT2D eigenvalue weighted by atomic mass is 16.5. The van der Waals surface area contributed by atoms with Gasteiger partial charge in [-0.1, -0.05) is 152 Å². The first-order valence-electron chi connectivity index (χ1n) is 23.3. The average molecular weight is 885 g/mol. The number of anilines is 6. The van der Waals surface area contributed by atoms with Gasteiger partial charge in [-0.25, -0.2) is 0 Å². The fourth-order valence-corrected chi connectivity index (χ4v) is 10.5. The van der Waals surface area contributed by atoms with Gasteiger partial charge in [0.15, 0.2) is 0 Å². The van der Waals surface area contributed by atoms with E-state index >= 15 is 0 Å². The molecule has 5 nitrogen and oxygen atoms in total. The minimum absolute atomic E-state index is 0.823. The summed E-state index contributed by atoms with van der Waals surface area (Å²) in [4.78, 5) is 4.66. The van der Waals surface area contributed by atoms with Crippen molar-refractivity contribution in [3.63, 3.8) is 0 Å². The highest BCUT2D eigenvalue weighted by Crippen LogP contribution is 2.52. The largest absolute Gasteiger partial charge is 0.456 e. The van der Waals surface area contributed by atoms with Crippen LogP contribution in [0.15, 0.2) is 251 Å². The lowest BCUT2D eigenvalue weighted by molar-refractivity contribution is 0.487. The molecular weight excluding hydrogens is 845 g/mol. The molecule has 0 fully saturated rings. The van der Waals surface area contributed by atoms with Gasteiger partial charge in [-0.2, -0.15) is 0 Å². The van der Waals surface area contributed by atoms with E-state index in [-0.39, 0.29) is 0 Å². The number of hydrogen-bond donors (Lipinski definition) is 0. The van der Waals surface area contributed by atoms with Crippen LogP contribution in [0, 0.1) is 0 Å². The maximum absolute atomic E-state index is 6.83. The highest BCUT2D eigenvalue weighted by molar-refractivity contribution is 6.13. The maximum Gasteiger partial charge on any atom is 0.143 e. The van der Waals surface area contributed by atoms with E-state index in [0.29, 0.717) is 0 Å². The van der Waals surface area contributed by atoms with Crippen LogP contribution in [-0.2, 0) is 0 Å². The van der Waals surface area contributed by atoms with Crippen molar-refractivity contribution < 1.29 is 13.6 Å². The van der Waals surface area contributed by atoms with Gasteiger partial charge >= 0.3 is 0 Å². The van der Waals surface area contributed by atoms with E-state index in [4.69, 9.17) is 13.6 Å². The van der Waals surface area contributed by atoms with Crippen molar-refractivity contribution in [1.82, 2.24) is 0 Å². The first-order valence-corrected chi connectivity index (χ1v) is 23.3. The molecule has 0 N–H and O–H groups in total. The number of hydrogen-bond acceptors (Lipinski definition) is 5. The quantitative estimate of drug-likeness (QED) is 0.152. The summed E-state index contributed by atoms with van der Waals surface area (Å²) in [6, 6.07) is 85.5. The van der Waals surface area contributed by atoms with Crippen LogP contribution in [-0.4, -0.2) is 0 Å². The topological polar surface area (TPSA) is 42.0 Å². The molecular formula is C64H40N2O3. The average Bonchev–Trinajstić information content (AvgIpc) is 4.00. The second-order valence-corrected chi connectivity index (χ2v) is 17.6. The van der Waals surface area contributed by atoms with E-state index in [9.17, 15) is 0 Å². The third kappa shape index (κ3) is 6.32. The van der Waals surface area contributed by atoms with Crippen molar-refractivity contribution >= 4 is 88.8 Å². The molecule has 3 heterocycles. The Labute approximate surface area is 397 Å². The van der Waals surface area contributed by atoms with Crippen LogP contribution in [0.1, 0.15) is 0 Å². The molecule has 0 amide bonds. The molecule has 1 aliphatic heterocycles. The lowest BCUT2D eigenvalue weighted by Crippen LogP contribution is -2.11. The Hall–Kier alpha value is -9.32. The van der Waals surface area contributed by atoms with Gasteiger partial charge in [0.05, 0.1) is 5.69 Å². The van der Waals surface area contributed by atoms with Crippen LogP contribution >= 0.6 is 0 Å². The summed E-state index contributed by atoms with van der Waals surface area (Å²) in [7, 11) is 0. The standard InChI is InChI=1S/C64H40N2O3/c1-3-14-43(15-4-1)65(45-32-28-41(29-33-45)48-20-11-23-53-50-18-7-9-26-58(50)68-63(48)53)47-36-38-60-56(40-47)52-22-13-25-55-57(37-39-61(67-60)62(52)55)66(44-16-5-2-6-17-44)46-34-30-42(31-35-46)49-21-12-24-54-51-19-8-10-27-59(51)69-64(49)54/h1-40H. The van der Waals surface area contributed by atoms with Crippen molar-refractivity contribution in [3.05, 3.63) is 243 Å². The van der Waals surface area contributed by atoms with E-state index < -0.39 is 0 Å². The van der Waals surface area contributed by atoms with E-state index in [1.54, 1.807) is 0 Å². The Morgan fingerprint density at radius 3 is 1.32 bits per heavy atom. The number of para-hydroxylation sites is 6. The van der Waals surface area contributed by atoms with Crippen LogP contribution in [0.3, 0.4) is 0 Å². The van der Waals surface area contributed by atoms with Gasteiger partial charge in [-0.05, 0) is 108 Å². The Morgan fingerprint density at radius 2 is 0.725 bits per heavy atom. The number of fused-ring (bicyclic) bond motifs is 8. The monoisotopic (exact) mass is 884 g/mol. The number of ether oxygens (including phenoxy) is 1. The summed E-state index contributed by atoms with van der Waals surface area (Å²) in [5.41, 5.74) is 16.3. The Morgan fingerprint density at radius 1 is 0.275 bits per heavy atom. The Balaban J connectivity index is 0.858. The molecule has 0 radical (unpaired) electrons. The number of furan rings is 2. The summed E-state index contributed by atoms with van der Waals surface area (Å²) in [5.74, 6) is 1.66. The van der Waals surface area contributed by atoms with Crippen molar-refractivity contribution in [1.29, 1.82) is 0 Å². The number of benzene rings is 11. The van der Waals surface area contributed by atoms with Gasteiger partial charge in [0, 0.05) is 77.4 Å². The summed E-state index contributed by atoms with van der Waals surface area (Å²) < 4.78 is 19.7. The normalized spacial score (nSPS) is 11.9. The molecule has 324 valence electrons. The third-order valence-electron chi connectivity index (χ3n) is 13.7. The van der Waals surface area contributed by atoms with E-state index in [2.05, 4.69) is 228 Å². The second-order valence-electron chi connectivity index (χ2n) is 17.6. The molecule has 1 aliphatic rings. The van der Waals surface area contributed by atoms with E-state index in [1.165, 1.54) is 0 Å². The molecule has 2 aromatic heterocycles. The Bertz CT molecular complexity index is 4100. The first-order chi connectivity index (χ1) is 34.2. The second kappa shape index (κ2) is 15.7. The van der Waals surface area contributed by atoms with Crippen molar-refractivity contribution in [2.75, 3.05) is 9.80 Å². The number of rotatable bonds is 8. The van der Waals surface area contributed by atoms with Gasteiger partial charge in [-0.15, -0.1) is 0 Å². The molecule has 0 spiro atoms. The molecule has 0 aliphatic carbocycles. The van der Waals surface area contributed by atoms with Crippen molar-refractivity contribution in [2.24, 2.45) is 0 Å². The predicted molar refractivity (Wildman–Crippen MR) is 284 cm³/mol. The summed E-state index contributed by atoms with van der Waals surface area (Å²) in [6.45, 7) is 0. The van der Waals surface area contributed by atoms with Gasteiger partial charge in [-0.3, -0.25) is 0 Å². The number of nitrogens with zero attached hydrogens (tertiary/aromatic N) is 2. The SMILES string of the molecule is c1ccc(N(c2ccc(-c3cccc4c3oc3ccccc34)cc2)c2ccc3c(c2)-c2cccc4c(N(c5ccccc5)c5ccc(-c6cccc7c6oc6ccccc67)cc5)ccc(c24)O3)cc1. The van der Waals surface area contributed by atoms with Crippen LogP contribution in [0.5, 0.6) is 11.5 Å². The van der Waals surface area contributed by atoms with Crippen LogP contribution in [0.4, 0.5) is 34.1 Å². The zero-order valence-electron chi connectivity index (χ0n) is 37.2. The minimum atomic E-state index is 0.823. The van der Waals surface area contributed by atoms with Crippen LogP contribution < -0.4 is 14.5 Å². The molecule has 11 aromatic carbocycles. The summed E-state index contributed by atoms with van der Waals surface area (Å²) >= 11 is 0. The van der Waals surface area contributed by atoms with E-state index in [1.807, 2.05) is 24.3 Å². The van der Waals surface area contributed by atoms with Gasteiger partial charge < -0.3 is 23.4 Å². The summed E-state index contributed by atoms with van der Waals surface area (Å²) in [6.07, 6.45) is 0. The molecule has 0 bridgehead atoms. The van der Waals surface area contributed by atoms with Gasteiger partial charge in [0.25, 0.3) is 0 Å². The molecule has 14 rings (SSSR count). The maximum atomic E-state index is 6.83. The fraction of sp³-hybridized carbons (Fsp3) is 0. The van der Waals surface area contributed by atoms with Crippen molar-refractivity contribution in [3.8, 4) is 44.9 Å².